The normalized spacial score (nSPS) is 20.1. The number of hydrogen-bond donors (Lipinski definition) is 0. The van der Waals surface area contributed by atoms with Crippen LogP contribution >= 0.6 is 0 Å². The molecule has 0 aliphatic carbocycles. The highest BCUT2D eigenvalue weighted by Gasteiger charge is 2.13. The summed E-state index contributed by atoms with van der Waals surface area (Å²) in [5.74, 6) is 0. The van der Waals surface area contributed by atoms with Crippen molar-refractivity contribution in [2.75, 3.05) is 19.8 Å². The zero-order valence-corrected chi connectivity index (χ0v) is 10.8. The fourth-order valence-electron chi connectivity index (χ4n) is 2.09. The van der Waals surface area contributed by atoms with Gasteiger partial charge in [-0.1, -0.05) is 19.3 Å². The van der Waals surface area contributed by atoms with Crippen molar-refractivity contribution in [3.8, 4) is 6.07 Å². The third-order valence-corrected chi connectivity index (χ3v) is 3.15. The van der Waals surface area contributed by atoms with Crippen molar-refractivity contribution in [2.45, 2.75) is 63.9 Å². The lowest BCUT2D eigenvalue weighted by atomic mass is 10.1. The first-order chi connectivity index (χ1) is 8.43. The van der Waals surface area contributed by atoms with E-state index in [1.165, 1.54) is 32.1 Å². The van der Waals surface area contributed by atoms with Crippen molar-refractivity contribution in [1.29, 1.82) is 5.26 Å². The van der Waals surface area contributed by atoms with Gasteiger partial charge in [0, 0.05) is 19.6 Å². The smallest absolute Gasteiger partial charge is 0.0808 e. The molecule has 3 nitrogen and oxygen atoms in total. The van der Waals surface area contributed by atoms with Crippen LogP contribution < -0.4 is 0 Å². The Labute approximate surface area is 105 Å². The maximum atomic E-state index is 8.38. The Balaban J connectivity index is 1.76. The van der Waals surface area contributed by atoms with E-state index in [-0.39, 0.29) is 0 Å². The molecule has 1 aliphatic rings. The predicted octanol–water partition coefficient (Wildman–Crippen LogP) is 3.44. The molecule has 0 spiro atoms. The third-order valence-electron chi connectivity index (χ3n) is 3.15. The Bertz CT molecular complexity index is 207. The summed E-state index contributed by atoms with van der Waals surface area (Å²) in [6, 6.07) is 2.18. The van der Waals surface area contributed by atoms with Gasteiger partial charge in [0.1, 0.15) is 0 Å². The van der Waals surface area contributed by atoms with Gasteiger partial charge in [-0.3, -0.25) is 0 Å². The predicted molar refractivity (Wildman–Crippen MR) is 67.7 cm³/mol. The molecule has 0 amide bonds. The highest BCUT2D eigenvalue weighted by atomic mass is 16.5. The molecule has 0 aromatic heterocycles. The van der Waals surface area contributed by atoms with Crippen LogP contribution in [0.4, 0.5) is 0 Å². The van der Waals surface area contributed by atoms with Crippen molar-refractivity contribution in [1.82, 2.24) is 0 Å². The van der Waals surface area contributed by atoms with E-state index in [2.05, 4.69) is 6.07 Å². The van der Waals surface area contributed by atoms with Crippen LogP contribution in [0.3, 0.4) is 0 Å². The number of unbranched alkanes of at least 4 members (excludes halogenated alkanes) is 5. The summed E-state index contributed by atoms with van der Waals surface area (Å²) < 4.78 is 11.2. The summed E-state index contributed by atoms with van der Waals surface area (Å²) in [7, 11) is 0. The zero-order valence-electron chi connectivity index (χ0n) is 10.8. The Hall–Kier alpha value is -0.590. The minimum absolute atomic E-state index is 0.347. The summed E-state index contributed by atoms with van der Waals surface area (Å²) >= 11 is 0. The molecular formula is C14H25NO2. The standard InChI is InChI=1S/C14H25NO2/c15-10-6-3-1-2-4-7-11-16-13-14-9-5-8-12-17-14/h14H,1-9,11-13H2. The average Bonchev–Trinajstić information content (AvgIpc) is 2.38. The van der Waals surface area contributed by atoms with Crippen LogP contribution in [-0.4, -0.2) is 25.9 Å². The minimum Gasteiger partial charge on any atom is -0.379 e. The maximum absolute atomic E-state index is 8.38. The van der Waals surface area contributed by atoms with Gasteiger partial charge in [0.25, 0.3) is 0 Å². The number of rotatable bonds is 9. The monoisotopic (exact) mass is 239 g/mol. The lowest BCUT2D eigenvalue weighted by Gasteiger charge is -2.22. The molecule has 3 heteroatoms. The van der Waals surface area contributed by atoms with Crippen molar-refractivity contribution in [3.05, 3.63) is 0 Å². The largest absolute Gasteiger partial charge is 0.379 e. The first kappa shape index (κ1) is 14.5. The summed E-state index contributed by atoms with van der Waals surface area (Å²) in [5.41, 5.74) is 0. The maximum Gasteiger partial charge on any atom is 0.0808 e. The average molecular weight is 239 g/mol. The van der Waals surface area contributed by atoms with Gasteiger partial charge >= 0.3 is 0 Å². The number of nitriles is 1. The van der Waals surface area contributed by atoms with Crippen molar-refractivity contribution in [3.63, 3.8) is 0 Å². The Morgan fingerprint density at radius 1 is 1.12 bits per heavy atom. The first-order valence-corrected chi connectivity index (χ1v) is 7.00. The second-order valence-corrected chi connectivity index (χ2v) is 4.74. The number of ether oxygens (including phenoxy) is 2. The molecule has 1 heterocycles. The first-order valence-electron chi connectivity index (χ1n) is 7.00. The summed E-state index contributed by atoms with van der Waals surface area (Å²) in [6.45, 7) is 2.54. The highest BCUT2D eigenvalue weighted by Crippen LogP contribution is 2.13. The Morgan fingerprint density at radius 2 is 1.94 bits per heavy atom. The molecule has 0 radical (unpaired) electrons. The fraction of sp³-hybridized carbons (Fsp3) is 0.929. The summed E-state index contributed by atoms with van der Waals surface area (Å²) in [6.07, 6.45) is 10.5. The highest BCUT2D eigenvalue weighted by molar-refractivity contribution is 4.67. The molecule has 17 heavy (non-hydrogen) atoms. The van der Waals surface area contributed by atoms with Gasteiger partial charge in [0.05, 0.1) is 18.8 Å². The van der Waals surface area contributed by atoms with E-state index in [1.807, 2.05) is 0 Å². The van der Waals surface area contributed by atoms with Gasteiger partial charge in [-0.15, -0.1) is 0 Å². The fourth-order valence-corrected chi connectivity index (χ4v) is 2.09. The molecule has 1 fully saturated rings. The SMILES string of the molecule is N#CCCCCCCCOCC1CCCCO1. The Kier molecular flexibility index (Phi) is 8.99. The molecule has 1 unspecified atom stereocenters. The van der Waals surface area contributed by atoms with Crippen LogP contribution in [0.15, 0.2) is 0 Å². The molecule has 98 valence electrons. The van der Waals surface area contributed by atoms with E-state index in [0.29, 0.717) is 12.5 Å². The van der Waals surface area contributed by atoms with Crippen LogP contribution in [0.25, 0.3) is 0 Å². The van der Waals surface area contributed by atoms with Crippen molar-refractivity contribution >= 4 is 0 Å². The molecule has 0 aromatic carbocycles. The Morgan fingerprint density at radius 3 is 2.71 bits per heavy atom. The number of nitrogens with zero attached hydrogens (tertiary/aromatic N) is 1. The molecule has 1 saturated heterocycles. The van der Waals surface area contributed by atoms with Gasteiger partial charge < -0.3 is 9.47 Å². The molecule has 1 aliphatic heterocycles. The van der Waals surface area contributed by atoms with Crippen LogP contribution in [-0.2, 0) is 9.47 Å². The topological polar surface area (TPSA) is 42.2 Å². The van der Waals surface area contributed by atoms with E-state index in [4.69, 9.17) is 14.7 Å². The molecule has 0 aromatic rings. The van der Waals surface area contributed by atoms with E-state index in [0.717, 1.165) is 39.1 Å². The molecule has 0 N–H and O–H groups in total. The van der Waals surface area contributed by atoms with Crippen LogP contribution in [0.5, 0.6) is 0 Å². The molecule has 0 bridgehead atoms. The summed E-state index contributed by atoms with van der Waals surface area (Å²) in [4.78, 5) is 0. The van der Waals surface area contributed by atoms with Crippen LogP contribution in [0.1, 0.15) is 57.8 Å². The lowest BCUT2D eigenvalue weighted by molar-refractivity contribution is -0.0411. The summed E-state index contributed by atoms with van der Waals surface area (Å²) in [5, 5.41) is 8.38. The van der Waals surface area contributed by atoms with Crippen LogP contribution in [0.2, 0.25) is 0 Å². The molecular weight excluding hydrogens is 214 g/mol. The minimum atomic E-state index is 0.347. The lowest BCUT2D eigenvalue weighted by Crippen LogP contribution is -2.24. The van der Waals surface area contributed by atoms with Crippen molar-refractivity contribution < 1.29 is 9.47 Å². The zero-order chi connectivity index (χ0) is 12.2. The van der Waals surface area contributed by atoms with Gasteiger partial charge in [-0.05, 0) is 32.1 Å². The van der Waals surface area contributed by atoms with Gasteiger partial charge in [0.2, 0.25) is 0 Å². The van der Waals surface area contributed by atoms with Crippen molar-refractivity contribution in [2.24, 2.45) is 0 Å². The van der Waals surface area contributed by atoms with Gasteiger partial charge in [-0.2, -0.15) is 5.26 Å². The van der Waals surface area contributed by atoms with E-state index < -0.39 is 0 Å². The van der Waals surface area contributed by atoms with E-state index in [9.17, 15) is 0 Å². The molecule has 1 atom stereocenters. The third kappa shape index (κ3) is 8.18. The van der Waals surface area contributed by atoms with E-state index in [1.54, 1.807) is 0 Å². The molecule has 0 saturated carbocycles. The second kappa shape index (κ2) is 10.6. The van der Waals surface area contributed by atoms with Gasteiger partial charge in [-0.25, -0.2) is 0 Å². The van der Waals surface area contributed by atoms with Crippen LogP contribution in [0, 0.1) is 11.3 Å². The number of hydrogen-bond acceptors (Lipinski definition) is 3. The quantitative estimate of drug-likeness (QED) is 0.579. The molecule has 1 rings (SSSR count). The second-order valence-electron chi connectivity index (χ2n) is 4.74. The van der Waals surface area contributed by atoms with Gasteiger partial charge in [0.15, 0.2) is 0 Å². The van der Waals surface area contributed by atoms with E-state index >= 15 is 0 Å².